The number of hydrogen-bond donors (Lipinski definition) is 2. The molecule has 0 radical (unpaired) electrons. The lowest BCUT2D eigenvalue weighted by atomic mass is 10.1. The molecule has 1 saturated heterocycles. The average molecular weight is 340 g/mol. The lowest BCUT2D eigenvalue weighted by molar-refractivity contribution is 0.265. The molecule has 1 aliphatic heterocycles. The minimum absolute atomic E-state index is 0.504. The van der Waals surface area contributed by atoms with Gasteiger partial charge in [0.25, 0.3) is 0 Å². The smallest absolute Gasteiger partial charge is 0.191 e. The van der Waals surface area contributed by atoms with Gasteiger partial charge in [-0.2, -0.15) is 0 Å². The molecule has 24 heavy (non-hydrogen) atoms. The number of rotatable bonds is 10. The van der Waals surface area contributed by atoms with E-state index in [4.69, 9.17) is 0 Å². The highest BCUT2D eigenvalue weighted by Gasteiger charge is 2.31. The third-order valence-corrected chi connectivity index (χ3v) is 4.99. The Morgan fingerprint density at radius 3 is 2.38 bits per heavy atom. The summed E-state index contributed by atoms with van der Waals surface area (Å²) in [7, 11) is 6.17. The first kappa shape index (κ1) is 21.2. The number of hydrogen-bond acceptors (Lipinski definition) is 3. The molecule has 5 heteroatoms. The van der Waals surface area contributed by atoms with Crippen LogP contribution in [-0.2, 0) is 0 Å². The Morgan fingerprint density at radius 2 is 1.79 bits per heavy atom. The van der Waals surface area contributed by atoms with Gasteiger partial charge < -0.3 is 15.5 Å². The van der Waals surface area contributed by atoms with Crippen molar-refractivity contribution in [2.24, 2.45) is 10.9 Å². The zero-order valence-corrected chi connectivity index (χ0v) is 16.9. The zero-order valence-electron chi connectivity index (χ0n) is 16.9. The first-order valence-corrected chi connectivity index (χ1v) is 9.80. The second kappa shape index (κ2) is 11.7. The van der Waals surface area contributed by atoms with Gasteiger partial charge in [-0.1, -0.05) is 26.2 Å². The van der Waals surface area contributed by atoms with Crippen molar-refractivity contribution in [2.45, 2.75) is 65.0 Å². The maximum atomic E-state index is 4.39. The molecule has 0 aromatic carbocycles. The highest BCUT2D eigenvalue weighted by atomic mass is 15.3. The number of guanidine groups is 1. The van der Waals surface area contributed by atoms with E-state index in [9.17, 15) is 0 Å². The summed E-state index contributed by atoms with van der Waals surface area (Å²) in [5.41, 5.74) is 0. The maximum absolute atomic E-state index is 4.39. The van der Waals surface area contributed by atoms with Crippen LogP contribution in [0.4, 0.5) is 0 Å². The molecule has 142 valence electrons. The predicted molar refractivity (Wildman–Crippen MR) is 106 cm³/mol. The fourth-order valence-corrected chi connectivity index (χ4v) is 3.27. The van der Waals surface area contributed by atoms with Crippen LogP contribution in [-0.4, -0.2) is 75.2 Å². The van der Waals surface area contributed by atoms with E-state index in [0.29, 0.717) is 18.0 Å². The van der Waals surface area contributed by atoms with E-state index in [1.807, 2.05) is 7.05 Å². The van der Waals surface area contributed by atoms with Gasteiger partial charge in [-0.3, -0.25) is 9.89 Å². The van der Waals surface area contributed by atoms with Crippen LogP contribution in [0, 0.1) is 5.92 Å². The first-order valence-electron chi connectivity index (χ1n) is 9.80. The maximum Gasteiger partial charge on any atom is 0.191 e. The summed E-state index contributed by atoms with van der Waals surface area (Å²) >= 11 is 0. The first-order chi connectivity index (χ1) is 11.4. The quantitative estimate of drug-likeness (QED) is 0.364. The number of nitrogens with one attached hydrogen (secondary N) is 2. The molecule has 1 fully saturated rings. The van der Waals surface area contributed by atoms with Gasteiger partial charge in [0.1, 0.15) is 0 Å². The summed E-state index contributed by atoms with van der Waals surface area (Å²) < 4.78 is 0. The third-order valence-electron chi connectivity index (χ3n) is 4.99. The molecule has 0 bridgehead atoms. The Balaban J connectivity index is 2.13. The van der Waals surface area contributed by atoms with Crippen LogP contribution >= 0.6 is 0 Å². The van der Waals surface area contributed by atoms with Crippen LogP contribution < -0.4 is 10.6 Å². The van der Waals surface area contributed by atoms with Crippen molar-refractivity contribution >= 4 is 5.96 Å². The van der Waals surface area contributed by atoms with Gasteiger partial charge in [-0.05, 0) is 53.2 Å². The van der Waals surface area contributed by atoms with E-state index in [-0.39, 0.29) is 0 Å². The van der Waals surface area contributed by atoms with Crippen LogP contribution in [0.3, 0.4) is 0 Å². The van der Waals surface area contributed by atoms with Gasteiger partial charge in [-0.15, -0.1) is 0 Å². The van der Waals surface area contributed by atoms with Crippen LogP contribution in [0.5, 0.6) is 0 Å². The average Bonchev–Trinajstić information content (AvgIpc) is 2.89. The standard InChI is InChI=1S/C19H41N5/c1-16(2)24-14-17(3)18(15-24)22-19(20-4)21-12-10-8-7-9-11-13-23(5)6/h16-18H,7-15H2,1-6H3,(H2,20,21,22). The van der Waals surface area contributed by atoms with Crippen molar-refractivity contribution < 1.29 is 0 Å². The summed E-state index contributed by atoms with van der Waals surface area (Å²) in [6.07, 6.45) is 6.52. The molecule has 1 aliphatic rings. The Kier molecular flexibility index (Phi) is 10.3. The number of likely N-dealkylation sites (tertiary alicyclic amines) is 1. The number of aliphatic imine (C=N–C) groups is 1. The fraction of sp³-hybridized carbons (Fsp3) is 0.947. The minimum Gasteiger partial charge on any atom is -0.356 e. The lowest BCUT2D eigenvalue weighted by Gasteiger charge is -2.22. The van der Waals surface area contributed by atoms with Gasteiger partial charge in [0, 0.05) is 38.8 Å². The molecular weight excluding hydrogens is 298 g/mol. The molecule has 0 amide bonds. The number of nitrogens with zero attached hydrogens (tertiary/aromatic N) is 3. The molecule has 2 atom stereocenters. The molecule has 5 nitrogen and oxygen atoms in total. The lowest BCUT2D eigenvalue weighted by Crippen LogP contribution is -2.47. The van der Waals surface area contributed by atoms with Gasteiger partial charge in [-0.25, -0.2) is 0 Å². The summed E-state index contributed by atoms with van der Waals surface area (Å²) in [5.74, 6) is 1.63. The van der Waals surface area contributed by atoms with Crippen molar-refractivity contribution in [2.75, 3.05) is 47.3 Å². The largest absolute Gasteiger partial charge is 0.356 e. The fourth-order valence-electron chi connectivity index (χ4n) is 3.27. The Labute approximate surface area is 150 Å². The summed E-state index contributed by atoms with van der Waals surface area (Å²) in [6, 6.07) is 1.13. The molecule has 2 N–H and O–H groups in total. The molecule has 0 aromatic heterocycles. The Hall–Kier alpha value is -0.810. The monoisotopic (exact) mass is 339 g/mol. The van der Waals surface area contributed by atoms with Gasteiger partial charge >= 0.3 is 0 Å². The summed E-state index contributed by atoms with van der Waals surface area (Å²) in [6.45, 7) is 11.4. The normalized spacial score (nSPS) is 22.6. The van der Waals surface area contributed by atoms with Crippen LogP contribution in [0.15, 0.2) is 4.99 Å². The second-order valence-electron chi connectivity index (χ2n) is 7.85. The van der Waals surface area contributed by atoms with Crippen molar-refractivity contribution in [1.82, 2.24) is 20.4 Å². The van der Waals surface area contributed by atoms with E-state index in [2.05, 4.69) is 60.3 Å². The summed E-state index contributed by atoms with van der Waals surface area (Å²) in [5, 5.41) is 7.10. The highest BCUT2D eigenvalue weighted by molar-refractivity contribution is 5.80. The van der Waals surface area contributed by atoms with Crippen molar-refractivity contribution in [1.29, 1.82) is 0 Å². The van der Waals surface area contributed by atoms with E-state index in [1.54, 1.807) is 0 Å². The van der Waals surface area contributed by atoms with Crippen LogP contribution in [0.25, 0.3) is 0 Å². The number of unbranched alkanes of at least 4 members (excludes halogenated alkanes) is 4. The zero-order chi connectivity index (χ0) is 17.9. The van der Waals surface area contributed by atoms with Gasteiger partial charge in [0.2, 0.25) is 0 Å². The highest BCUT2D eigenvalue weighted by Crippen LogP contribution is 2.18. The van der Waals surface area contributed by atoms with Crippen molar-refractivity contribution in [3.63, 3.8) is 0 Å². The Morgan fingerprint density at radius 1 is 1.12 bits per heavy atom. The van der Waals surface area contributed by atoms with E-state index in [0.717, 1.165) is 19.0 Å². The topological polar surface area (TPSA) is 42.9 Å². The molecule has 0 aromatic rings. The van der Waals surface area contributed by atoms with Crippen molar-refractivity contribution in [3.8, 4) is 0 Å². The third kappa shape index (κ3) is 8.34. The molecular formula is C19H41N5. The molecule has 0 saturated carbocycles. The van der Waals surface area contributed by atoms with Gasteiger partial charge in [0.05, 0.1) is 0 Å². The predicted octanol–water partition coefficient (Wildman–Crippen LogP) is 2.39. The SMILES string of the molecule is CN=C(NCCCCCCCN(C)C)NC1CN(C(C)C)CC1C. The van der Waals surface area contributed by atoms with E-state index < -0.39 is 0 Å². The molecule has 1 heterocycles. The van der Waals surface area contributed by atoms with Gasteiger partial charge in [0.15, 0.2) is 5.96 Å². The second-order valence-corrected chi connectivity index (χ2v) is 7.85. The molecule has 2 unspecified atom stereocenters. The summed E-state index contributed by atoms with van der Waals surface area (Å²) in [4.78, 5) is 9.20. The van der Waals surface area contributed by atoms with Crippen molar-refractivity contribution in [3.05, 3.63) is 0 Å². The van der Waals surface area contributed by atoms with E-state index >= 15 is 0 Å². The van der Waals surface area contributed by atoms with Crippen LogP contribution in [0.2, 0.25) is 0 Å². The molecule has 1 rings (SSSR count). The molecule has 0 spiro atoms. The minimum atomic E-state index is 0.504. The van der Waals surface area contributed by atoms with E-state index in [1.165, 1.54) is 45.2 Å². The van der Waals surface area contributed by atoms with Crippen LogP contribution in [0.1, 0.15) is 52.9 Å². The Bertz CT molecular complexity index is 354. The molecule has 0 aliphatic carbocycles.